The van der Waals surface area contributed by atoms with Gasteiger partial charge in [0.25, 0.3) is 0 Å². The monoisotopic (exact) mass is 376 g/mol. The van der Waals surface area contributed by atoms with E-state index in [4.69, 9.17) is 26.8 Å². The highest BCUT2D eigenvalue weighted by atomic mass is 35.5. The van der Waals surface area contributed by atoms with E-state index < -0.39 is 18.0 Å². The van der Waals surface area contributed by atoms with Crippen molar-refractivity contribution in [1.82, 2.24) is 5.32 Å². The van der Waals surface area contributed by atoms with Crippen LogP contribution in [-0.2, 0) is 16.0 Å². The van der Waals surface area contributed by atoms with Crippen LogP contribution in [-0.4, -0.2) is 25.7 Å². The number of methoxy groups -OCH3 is 1. The van der Waals surface area contributed by atoms with E-state index in [-0.39, 0.29) is 13.0 Å². The Hall–Kier alpha value is -2.73. The summed E-state index contributed by atoms with van der Waals surface area (Å²) in [6.45, 7) is 0.245. The van der Waals surface area contributed by atoms with Crippen LogP contribution in [0, 0.1) is 0 Å². The molecule has 7 heteroatoms. The molecule has 2 aromatic rings. The zero-order chi connectivity index (χ0) is 18.9. The number of halogens is 1. The van der Waals surface area contributed by atoms with Crippen LogP contribution in [0.1, 0.15) is 23.6 Å². The van der Waals surface area contributed by atoms with Crippen molar-refractivity contribution in [1.29, 1.82) is 0 Å². The first-order chi connectivity index (χ1) is 12.5. The topological polar surface area (TPSA) is 90.7 Å². The highest BCUT2D eigenvalue weighted by Crippen LogP contribution is 2.20. The van der Waals surface area contributed by atoms with Crippen LogP contribution >= 0.6 is 11.6 Å². The molecule has 0 aliphatic heterocycles. The third-order valence-electron chi connectivity index (χ3n) is 3.77. The Morgan fingerprint density at radius 1 is 1.12 bits per heavy atom. The number of primary amides is 1. The van der Waals surface area contributed by atoms with E-state index in [1.54, 1.807) is 31.4 Å². The molecule has 2 aromatic carbocycles. The molecule has 0 unspecified atom stereocenters. The molecule has 0 spiro atoms. The lowest BCUT2D eigenvalue weighted by atomic mass is 10.0. The van der Waals surface area contributed by atoms with Gasteiger partial charge in [0.1, 0.15) is 5.75 Å². The first-order valence-corrected chi connectivity index (χ1v) is 8.45. The van der Waals surface area contributed by atoms with Gasteiger partial charge in [0.05, 0.1) is 26.2 Å². The first-order valence-electron chi connectivity index (χ1n) is 8.08. The van der Waals surface area contributed by atoms with Gasteiger partial charge in [0.15, 0.2) is 0 Å². The lowest BCUT2D eigenvalue weighted by Gasteiger charge is -2.17. The van der Waals surface area contributed by atoms with Gasteiger partial charge in [-0.1, -0.05) is 35.9 Å². The van der Waals surface area contributed by atoms with Crippen molar-refractivity contribution in [3.8, 4) is 5.75 Å². The van der Waals surface area contributed by atoms with Crippen molar-refractivity contribution in [3.05, 3.63) is 64.7 Å². The fourth-order valence-electron chi connectivity index (χ4n) is 2.42. The lowest BCUT2D eigenvalue weighted by Crippen LogP contribution is -2.34. The van der Waals surface area contributed by atoms with Crippen LogP contribution < -0.4 is 15.8 Å². The summed E-state index contributed by atoms with van der Waals surface area (Å²) in [4.78, 5) is 23.3. The molecule has 2 amide bonds. The van der Waals surface area contributed by atoms with Gasteiger partial charge in [-0.2, -0.15) is 0 Å². The van der Waals surface area contributed by atoms with Gasteiger partial charge < -0.3 is 20.5 Å². The summed E-state index contributed by atoms with van der Waals surface area (Å²) in [5.74, 6) is 0.348. The molecule has 0 aliphatic carbocycles. The SMILES string of the molecule is COc1ccc(CCOC(=O)C[C@H](NC(N)=O)c2ccc(Cl)cc2)cc1. The maximum atomic E-state index is 12.1. The molecule has 0 bridgehead atoms. The van der Waals surface area contributed by atoms with Crippen molar-refractivity contribution in [2.24, 2.45) is 5.73 Å². The van der Waals surface area contributed by atoms with E-state index in [9.17, 15) is 9.59 Å². The van der Waals surface area contributed by atoms with Gasteiger partial charge in [-0.05, 0) is 35.4 Å². The molecule has 1 atom stereocenters. The smallest absolute Gasteiger partial charge is 0.312 e. The average Bonchev–Trinajstić information content (AvgIpc) is 2.62. The molecular weight excluding hydrogens is 356 g/mol. The van der Waals surface area contributed by atoms with E-state index in [1.165, 1.54) is 0 Å². The number of urea groups is 1. The number of carbonyl (C=O) groups excluding carboxylic acids is 2. The Morgan fingerprint density at radius 2 is 1.77 bits per heavy atom. The minimum Gasteiger partial charge on any atom is -0.497 e. The Kier molecular flexibility index (Phi) is 7.29. The van der Waals surface area contributed by atoms with E-state index in [1.807, 2.05) is 24.3 Å². The van der Waals surface area contributed by atoms with Gasteiger partial charge in [0.2, 0.25) is 0 Å². The van der Waals surface area contributed by atoms with E-state index >= 15 is 0 Å². The van der Waals surface area contributed by atoms with Gasteiger partial charge >= 0.3 is 12.0 Å². The minimum absolute atomic E-state index is 0.0206. The third kappa shape index (κ3) is 6.29. The molecule has 0 heterocycles. The Balaban J connectivity index is 1.87. The van der Waals surface area contributed by atoms with Gasteiger partial charge in [-0.15, -0.1) is 0 Å². The van der Waals surface area contributed by atoms with Crippen molar-refractivity contribution in [2.45, 2.75) is 18.9 Å². The molecule has 3 N–H and O–H groups in total. The Morgan fingerprint density at radius 3 is 2.35 bits per heavy atom. The predicted octanol–water partition coefficient (Wildman–Crippen LogP) is 3.23. The average molecular weight is 377 g/mol. The maximum Gasteiger partial charge on any atom is 0.312 e. The molecule has 6 nitrogen and oxygen atoms in total. The standard InChI is InChI=1S/C19H21ClN2O4/c1-25-16-8-2-13(3-9-16)10-11-26-18(23)12-17(22-19(21)24)14-4-6-15(20)7-5-14/h2-9,17H,10-12H2,1H3,(H3,21,22,24)/t17-/m0/s1. The molecule has 0 saturated carbocycles. The van der Waals surface area contributed by atoms with Crippen molar-refractivity contribution >= 4 is 23.6 Å². The van der Waals surface area contributed by atoms with Crippen LogP contribution in [0.3, 0.4) is 0 Å². The number of esters is 1. The van der Waals surface area contributed by atoms with Crippen molar-refractivity contribution < 1.29 is 19.1 Å². The molecule has 138 valence electrons. The number of nitrogens with two attached hydrogens (primary N) is 1. The molecule has 0 radical (unpaired) electrons. The second-order valence-electron chi connectivity index (χ2n) is 5.64. The molecule has 26 heavy (non-hydrogen) atoms. The normalized spacial score (nSPS) is 11.5. The summed E-state index contributed by atoms with van der Waals surface area (Å²) in [6, 6.07) is 13.1. The largest absolute Gasteiger partial charge is 0.497 e. The predicted molar refractivity (Wildman–Crippen MR) is 99.2 cm³/mol. The zero-order valence-corrected chi connectivity index (χ0v) is 15.2. The van der Waals surface area contributed by atoms with Crippen LogP contribution in [0.25, 0.3) is 0 Å². The van der Waals surface area contributed by atoms with Gasteiger partial charge in [-0.3, -0.25) is 4.79 Å². The Bertz CT molecular complexity index is 732. The van der Waals surface area contributed by atoms with Crippen LogP contribution in [0.4, 0.5) is 4.79 Å². The molecular formula is C19H21ClN2O4. The van der Waals surface area contributed by atoms with Crippen LogP contribution in [0.2, 0.25) is 5.02 Å². The quantitative estimate of drug-likeness (QED) is 0.692. The number of amides is 2. The maximum absolute atomic E-state index is 12.1. The molecule has 2 rings (SSSR count). The number of hydrogen-bond donors (Lipinski definition) is 2. The minimum atomic E-state index is -0.712. The van der Waals surface area contributed by atoms with Crippen molar-refractivity contribution in [3.63, 3.8) is 0 Å². The number of benzene rings is 2. The summed E-state index contributed by atoms with van der Waals surface area (Å²) >= 11 is 5.86. The van der Waals surface area contributed by atoms with Gasteiger partial charge in [-0.25, -0.2) is 4.79 Å². The second kappa shape index (κ2) is 9.68. The van der Waals surface area contributed by atoms with Gasteiger partial charge in [0, 0.05) is 11.4 Å². The lowest BCUT2D eigenvalue weighted by molar-refractivity contribution is -0.144. The number of ether oxygens (including phenoxy) is 2. The summed E-state index contributed by atoms with van der Waals surface area (Å²) in [5.41, 5.74) is 6.95. The molecule has 0 aliphatic rings. The first kappa shape index (κ1) is 19.6. The highest BCUT2D eigenvalue weighted by Gasteiger charge is 2.18. The summed E-state index contributed by atoms with van der Waals surface area (Å²) in [6.07, 6.45) is 0.567. The third-order valence-corrected chi connectivity index (χ3v) is 4.02. The van der Waals surface area contributed by atoms with Crippen LogP contribution in [0.5, 0.6) is 5.75 Å². The van der Waals surface area contributed by atoms with Crippen molar-refractivity contribution in [2.75, 3.05) is 13.7 Å². The second-order valence-corrected chi connectivity index (χ2v) is 6.07. The molecule has 0 saturated heterocycles. The van der Waals surface area contributed by atoms with E-state index in [0.29, 0.717) is 11.4 Å². The Labute approximate surface area is 157 Å². The van der Waals surface area contributed by atoms with E-state index in [2.05, 4.69) is 5.32 Å². The summed E-state index contributed by atoms with van der Waals surface area (Å²) in [7, 11) is 1.61. The van der Waals surface area contributed by atoms with Crippen LogP contribution in [0.15, 0.2) is 48.5 Å². The fourth-order valence-corrected chi connectivity index (χ4v) is 2.55. The number of hydrogen-bond acceptors (Lipinski definition) is 4. The highest BCUT2D eigenvalue weighted by molar-refractivity contribution is 6.30. The summed E-state index contributed by atoms with van der Waals surface area (Å²) in [5, 5.41) is 3.11. The molecule has 0 fully saturated rings. The zero-order valence-electron chi connectivity index (χ0n) is 14.4. The fraction of sp³-hybridized carbons (Fsp3) is 0.263. The molecule has 0 aromatic heterocycles. The number of nitrogens with one attached hydrogen (secondary N) is 1. The number of rotatable bonds is 8. The summed E-state index contributed by atoms with van der Waals surface area (Å²) < 4.78 is 10.4. The van der Waals surface area contributed by atoms with E-state index in [0.717, 1.165) is 16.9 Å². The number of carbonyl (C=O) groups is 2.